The van der Waals surface area contributed by atoms with Crippen molar-refractivity contribution in [1.82, 2.24) is 24.7 Å². The van der Waals surface area contributed by atoms with Crippen molar-refractivity contribution < 1.29 is 31.5 Å². The molecule has 2 aromatic carbocycles. The lowest BCUT2D eigenvalue weighted by Crippen LogP contribution is -2.58. The lowest BCUT2D eigenvalue weighted by molar-refractivity contribution is -0.145. The number of fused-ring (bicyclic) bond motifs is 1. The van der Waals surface area contributed by atoms with Gasteiger partial charge >= 0.3 is 6.09 Å². The quantitative estimate of drug-likeness (QED) is 0.293. The van der Waals surface area contributed by atoms with E-state index in [0.717, 1.165) is 37.0 Å². The number of sulfonamides is 1. The molecule has 1 aliphatic carbocycles. The lowest BCUT2D eigenvalue weighted by atomic mass is 9.98. The molecule has 10 nitrogen and oxygen atoms in total. The maximum absolute atomic E-state index is 16.2. The maximum atomic E-state index is 16.2. The van der Waals surface area contributed by atoms with Crippen LogP contribution in [0.5, 0.6) is 0 Å². The van der Waals surface area contributed by atoms with Gasteiger partial charge in [0.25, 0.3) is 5.92 Å². The van der Waals surface area contributed by atoms with Crippen LogP contribution in [0.1, 0.15) is 64.9 Å². The van der Waals surface area contributed by atoms with E-state index in [-0.39, 0.29) is 41.9 Å². The molecule has 2 heterocycles. The molecule has 1 saturated heterocycles. The van der Waals surface area contributed by atoms with E-state index in [2.05, 4.69) is 10.4 Å². The van der Waals surface area contributed by atoms with E-state index in [9.17, 15) is 18.0 Å². The number of rotatable bonds is 9. The van der Waals surface area contributed by atoms with Crippen molar-refractivity contribution in [2.24, 2.45) is 5.92 Å². The summed E-state index contributed by atoms with van der Waals surface area (Å²) in [5.74, 6) is -4.51. The first-order chi connectivity index (χ1) is 21.6. The summed E-state index contributed by atoms with van der Waals surface area (Å²) in [5, 5.41) is 7.94. The van der Waals surface area contributed by atoms with Crippen LogP contribution in [-0.4, -0.2) is 65.9 Å². The van der Waals surface area contributed by atoms with E-state index in [1.165, 1.54) is 42.0 Å². The fourth-order valence-electron chi connectivity index (χ4n) is 6.06. The highest BCUT2D eigenvalue weighted by molar-refractivity contribution is 7.89. The number of hydrogen-bond donors (Lipinski definition) is 2. The van der Waals surface area contributed by atoms with Gasteiger partial charge < -0.3 is 15.0 Å². The van der Waals surface area contributed by atoms with Gasteiger partial charge in [0.1, 0.15) is 5.60 Å². The van der Waals surface area contributed by atoms with Gasteiger partial charge in [-0.3, -0.25) is 9.48 Å². The molecule has 2 fully saturated rings. The number of carbonyl (C=O) groups is 2. The van der Waals surface area contributed by atoms with Gasteiger partial charge in [0, 0.05) is 41.6 Å². The summed E-state index contributed by atoms with van der Waals surface area (Å²) in [6.07, 6.45) is 6.10. The van der Waals surface area contributed by atoms with Gasteiger partial charge in [-0.05, 0) is 82.7 Å². The Kier molecular flexibility index (Phi) is 9.95. The molecular formula is C32H40ClF2N5O5S. The normalized spacial score (nSPS) is 17.7. The van der Waals surface area contributed by atoms with Crippen LogP contribution in [0.4, 0.5) is 13.6 Å². The Labute approximate surface area is 272 Å². The molecule has 5 rings (SSSR count). The van der Waals surface area contributed by atoms with E-state index in [4.69, 9.17) is 16.3 Å². The second kappa shape index (κ2) is 13.4. The number of nitrogens with zero attached hydrogens (tertiary/aromatic N) is 3. The summed E-state index contributed by atoms with van der Waals surface area (Å²) < 4.78 is 68.8. The molecule has 1 unspecified atom stereocenters. The molecule has 2 amide bonds. The number of halogens is 3. The number of hydrogen-bond acceptors (Lipinski definition) is 6. The lowest BCUT2D eigenvalue weighted by Gasteiger charge is -2.36. The Morgan fingerprint density at radius 3 is 2.33 bits per heavy atom. The first-order valence-electron chi connectivity index (χ1n) is 15.5. The van der Waals surface area contributed by atoms with E-state index in [1.807, 2.05) is 9.40 Å². The number of alkyl carbamates (subject to hydrolysis) is 1. The van der Waals surface area contributed by atoms with Crippen LogP contribution >= 0.6 is 11.6 Å². The average Bonchev–Trinajstić information content (AvgIpc) is 3.65. The predicted molar refractivity (Wildman–Crippen MR) is 170 cm³/mol. The standard InChI is InChI=1S/C32H40ClF2N5O5S/c1-31(2,3)45-30(42)37-25-14-16-39(17-15-25)29(41)28(32(34,35)23-8-10-24(33)11-9-23)38-46(43,44)26-12-13-27-22(18-26)19-36-40(27)20-21-6-4-5-7-21/h8-13,18-19,21,25,28,38H,4-7,14-17,20H2,1-3H3,(H,37,42). The minimum atomic E-state index is -4.61. The SMILES string of the molecule is CC(C)(C)OC(=O)NC1CCN(C(=O)C(NS(=O)(=O)c2ccc3c(cnn3CC3CCCC3)c2)C(F)(F)c2ccc(Cl)cc2)CC1. The number of carbonyl (C=O) groups excluding carboxylic acids is 2. The molecule has 3 aromatic rings. The molecule has 2 N–H and O–H groups in total. The van der Waals surface area contributed by atoms with Crippen LogP contribution in [-0.2, 0) is 32.0 Å². The summed E-state index contributed by atoms with van der Waals surface area (Å²) in [4.78, 5) is 26.9. The topological polar surface area (TPSA) is 123 Å². The Bertz CT molecular complexity index is 1660. The molecule has 1 aliphatic heterocycles. The third kappa shape index (κ3) is 7.98. The van der Waals surface area contributed by atoms with Gasteiger partial charge in [-0.25, -0.2) is 13.2 Å². The number of ether oxygens (including phenoxy) is 1. The molecular weight excluding hydrogens is 640 g/mol. The molecule has 0 radical (unpaired) electrons. The third-order valence-corrected chi connectivity index (χ3v) is 10.1. The number of alkyl halides is 2. The van der Waals surface area contributed by atoms with Gasteiger partial charge in [0.05, 0.1) is 16.6 Å². The largest absolute Gasteiger partial charge is 0.444 e. The number of piperidine rings is 1. The molecule has 0 spiro atoms. The van der Waals surface area contributed by atoms with Crippen molar-refractivity contribution >= 4 is 44.5 Å². The molecule has 1 saturated carbocycles. The molecule has 1 atom stereocenters. The third-order valence-electron chi connectivity index (χ3n) is 8.47. The van der Waals surface area contributed by atoms with Crippen LogP contribution < -0.4 is 10.0 Å². The highest BCUT2D eigenvalue weighted by Gasteiger charge is 2.50. The van der Waals surface area contributed by atoms with Gasteiger partial charge in [-0.2, -0.15) is 18.6 Å². The van der Waals surface area contributed by atoms with E-state index < -0.39 is 45.2 Å². The smallest absolute Gasteiger partial charge is 0.407 e. The average molecular weight is 680 g/mol. The van der Waals surface area contributed by atoms with Crippen molar-refractivity contribution in [3.05, 3.63) is 59.2 Å². The second-order valence-electron chi connectivity index (χ2n) is 13.1. The van der Waals surface area contributed by atoms with Crippen molar-refractivity contribution in [2.75, 3.05) is 13.1 Å². The number of nitrogens with one attached hydrogen (secondary N) is 2. The summed E-state index contributed by atoms with van der Waals surface area (Å²) in [5.41, 5.74) is -0.519. The zero-order chi connectivity index (χ0) is 33.3. The zero-order valence-corrected chi connectivity index (χ0v) is 27.7. The minimum Gasteiger partial charge on any atom is -0.444 e. The number of benzene rings is 2. The molecule has 2 aliphatic rings. The Balaban J connectivity index is 1.36. The minimum absolute atomic E-state index is 0.0281. The van der Waals surface area contributed by atoms with Crippen LogP contribution in [0.15, 0.2) is 53.6 Å². The Hall–Kier alpha value is -3.29. The van der Waals surface area contributed by atoms with Crippen molar-refractivity contribution in [3.8, 4) is 0 Å². The summed E-state index contributed by atoms with van der Waals surface area (Å²) in [6.45, 7) is 5.98. The summed E-state index contributed by atoms with van der Waals surface area (Å²) >= 11 is 5.92. The monoisotopic (exact) mass is 679 g/mol. The maximum Gasteiger partial charge on any atom is 0.407 e. The second-order valence-corrected chi connectivity index (χ2v) is 15.3. The van der Waals surface area contributed by atoms with E-state index >= 15 is 8.78 Å². The molecule has 14 heteroatoms. The number of likely N-dealkylation sites (tertiary alicyclic amines) is 1. The van der Waals surface area contributed by atoms with Crippen LogP contribution in [0.25, 0.3) is 10.9 Å². The van der Waals surface area contributed by atoms with Crippen LogP contribution in [0.3, 0.4) is 0 Å². The highest BCUT2D eigenvalue weighted by Crippen LogP contribution is 2.35. The summed E-state index contributed by atoms with van der Waals surface area (Å²) in [6, 6.07) is 6.19. The fraction of sp³-hybridized carbons (Fsp3) is 0.531. The predicted octanol–water partition coefficient (Wildman–Crippen LogP) is 5.83. The molecule has 46 heavy (non-hydrogen) atoms. The molecule has 0 bridgehead atoms. The van der Waals surface area contributed by atoms with Crippen molar-refractivity contribution in [2.45, 2.75) is 94.3 Å². The van der Waals surface area contributed by atoms with Crippen LogP contribution in [0.2, 0.25) is 5.02 Å². The highest BCUT2D eigenvalue weighted by atomic mass is 35.5. The van der Waals surface area contributed by atoms with Crippen LogP contribution in [0, 0.1) is 5.92 Å². The van der Waals surface area contributed by atoms with E-state index in [0.29, 0.717) is 11.3 Å². The van der Waals surface area contributed by atoms with Crippen molar-refractivity contribution in [1.29, 1.82) is 0 Å². The van der Waals surface area contributed by atoms with Gasteiger partial charge in [-0.15, -0.1) is 0 Å². The first-order valence-corrected chi connectivity index (χ1v) is 17.4. The van der Waals surface area contributed by atoms with Gasteiger partial charge in [0.15, 0.2) is 6.04 Å². The number of aromatic nitrogens is 2. The molecule has 250 valence electrons. The first kappa shape index (κ1) is 34.1. The van der Waals surface area contributed by atoms with Gasteiger partial charge in [-0.1, -0.05) is 36.6 Å². The Morgan fingerprint density at radius 1 is 1.04 bits per heavy atom. The number of amides is 2. The Morgan fingerprint density at radius 2 is 1.70 bits per heavy atom. The van der Waals surface area contributed by atoms with Crippen molar-refractivity contribution in [3.63, 3.8) is 0 Å². The molecule has 1 aromatic heterocycles. The van der Waals surface area contributed by atoms with Gasteiger partial charge in [0.2, 0.25) is 15.9 Å². The summed E-state index contributed by atoms with van der Waals surface area (Å²) in [7, 11) is -4.61. The zero-order valence-electron chi connectivity index (χ0n) is 26.1. The van der Waals surface area contributed by atoms with E-state index in [1.54, 1.807) is 33.0 Å². The fourth-order valence-corrected chi connectivity index (χ4v) is 7.41.